The summed E-state index contributed by atoms with van der Waals surface area (Å²) in [5.74, 6) is 0.515. The molecule has 1 aromatic carbocycles. The molecule has 0 aliphatic carbocycles. The van der Waals surface area contributed by atoms with E-state index in [1.807, 2.05) is 23.1 Å². The fraction of sp³-hybridized carbons (Fsp3) is 0.562. The lowest BCUT2D eigenvalue weighted by atomic mass is 9.99. The first-order valence-electron chi connectivity index (χ1n) is 7.41. The summed E-state index contributed by atoms with van der Waals surface area (Å²) < 4.78 is 0. The van der Waals surface area contributed by atoms with Crippen molar-refractivity contribution in [3.8, 4) is 0 Å². The van der Waals surface area contributed by atoms with Crippen LogP contribution < -0.4 is 11.1 Å². The van der Waals surface area contributed by atoms with E-state index in [1.165, 1.54) is 5.56 Å². The van der Waals surface area contributed by atoms with Crippen LogP contribution in [-0.4, -0.2) is 36.5 Å². The largest absolute Gasteiger partial charge is 0.332 e. The van der Waals surface area contributed by atoms with Gasteiger partial charge in [-0.25, -0.2) is 0 Å². The van der Waals surface area contributed by atoms with Gasteiger partial charge in [0.1, 0.15) is 0 Å². The Kier molecular flexibility index (Phi) is 5.15. The van der Waals surface area contributed by atoms with Crippen molar-refractivity contribution in [2.24, 2.45) is 11.7 Å². The van der Waals surface area contributed by atoms with Crippen LogP contribution in [0.1, 0.15) is 31.9 Å². The topological polar surface area (TPSA) is 58.4 Å². The van der Waals surface area contributed by atoms with Crippen LogP contribution in [0.25, 0.3) is 0 Å². The molecule has 0 saturated carbocycles. The number of nitrogens with two attached hydrogens (primary N) is 1. The van der Waals surface area contributed by atoms with Crippen LogP contribution in [0.2, 0.25) is 0 Å². The highest BCUT2D eigenvalue weighted by molar-refractivity contribution is 5.82. The van der Waals surface area contributed by atoms with Gasteiger partial charge >= 0.3 is 0 Å². The van der Waals surface area contributed by atoms with Crippen LogP contribution in [-0.2, 0) is 4.79 Å². The standard InChI is InChI=1S/C16H25N3O/c1-12(2)10-14(17)16(20)19-9-8-18-11-15(19)13-6-4-3-5-7-13/h3-7,12,14-15,18H,8-11,17H2,1-2H3/t14-,15?/m0/s1. The van der Waals surface area contributed by atoms with Crippen LogP contribution in [0.15, 0.2) is 30.3 Å². The number of hydrogen-bond acceptors (Lipinski definition) is 3. The Balaban J connectivity index is 2.13. The zero-order valence-corrected chi connectivity index (χ0v) is 12.4. The number of rotatable bonds is 4. The second-order valence-corrected chi connectivity index (χ2v) is 5.90. The Morgan fingerprint density at radius 1 is 1.40 bits per heavy atom. The van der Waals surface area contributed by atoms with E-state index in [0.717, 1.165) is 26.1 Å². The fourth-order valence-electron chi connectivity index (χ4n) is 2.76. The van der Waals surface area contributed by atoms with E-state index in [4.69, 9.17) is 5.73 Å². The molecule has 1 heterocycles. The molecule has 110 valence electrons. The SMILES string of the molecule is CC(C)C[C@H](N)C(=O)N1CCNCC1c1ccccc1. The molecule has 0 spiro atoms. The van der Waals surface area contributed by atoms with Crippen LogP contribution in [0.5, 0.6) is 0 Å². The van der Waals surface area contributed by atoms with Crippen molar-refractivity contribution in [2.75, 3.05) is 19.6 Å². The van der Waals surface area contributed by atoms with Gasteiger partial charge in [-0.3, -0.25) is 4.79 Å². The maximum Gasteiger partial charge on any atom is 0.240 e. The maximum atomic E-state index is 12.6. The van der Waals surface area contributed by atoms with Gasteiger partial charge in [0, 0.05) is 19.6 Å². The van der Waals surface area contributed by atoms with E-state index in [0.29, 0.717) is 5.92 Å². The Hall–Kier alpha value is -1.39. The number of hydrogen-bond donors (Lipinski definition) is 2. The summed E-state index contributed by atoms with van der Waals surface area (Å²) in [6.45, 7) is 6.55. The minimum atomic E-state index is -0.390. The molecule has 2 rings (SSSR count). The average Bonchev–Trinajstić information content (AvgIpc) is 2.46. The molecule has 1 aliphatic heterocycles. The molecule has 1 saturated heterocycles. The van der Waals surface area contributed by atoms with Crippen molar-refractivity contribution < 1.29 is 4.79 Å². The molecule has 4 heteroatoms. The summed E-state index contributed by atoms with van der Waals surface area (Å²) in [5.41, 5.74) is 7.25. The third-order valence-electron chi connectivity index (χ3n) is 3.75. The summed E-state index contributed by atoms with van der Waals surface area (Å²) in [4.78, 5) is 14.5. The first kappa shape index (κ1) is 15.0. The van der Waals surface area contributed by atoms with Gasteiger partial charge in [-0.1, -0.05) is 44.2 Å². The third kappa shape index (κ3) is 3.58. The van der Waals surface area contributed by atoms with Crippen molar-refractivity contribution in [1.82, 2.24) is 10.2 Å². The number of carbonyl (C=O) groups excluding carboxylic acids is 1. The van der Waals surface area contributed by atoms with Gasteiger partial charge in [-0.2, -0.15) is 0 Å². The molecular formula is C16H25N3O. The molecule has 0 bridgehead atoms. The van der Waals surface area contributed by atoms with Crippen LogP contribution in [0, 0.1) is 5.92 Å². The van der Waals surface area contributed by atoms with Crippen LogP contribution in [0.4, 0.5) is 0 Å². The summed E-state index contributed by atoms with van der Waals surface area (Å²) in [6, 6.07) is 9.88. The molecule has 1 amide bonds. The fourth-order valence-corrected chi connectivity index (χ4v) is 2.76. The zero-order valence-electron chi connectivity index (χ0n) is 12.4. The molecule has 3 N–H and O–H groups in total. The van der Waals surface area contributed by atoms with E-state index in [2.05, 4.69) is 31.3 Å². The molecule has 2 atom stereocenters. The molecule has 1 aromatic rings. The van der Waals surface area contributed by atoms with Crippen LogP contribution >= 0.6 is 0 Å². The maximum absolute atomic E-state index is 12.6. The van der Waals surface area contributed by atoms with Crippen molar-refractivity contribution in [3.63, 3.8) is 0 Å². The van der Waals surface area contributed by atoms with Gasteiger partial charge in [0.2, 0.25) is 5.91 Å². The number of carbonyl (C=O) groups is 1. The zero-order chi connectivity index (χ0) is 14.5. The smallest absolute Gasteiger partial charge is 0.240 e. The second kappa shape index (κ2) is 6.86. The molecule has 1 unspecified atom stereocenters. The number of nitrogens with one attached hydrogen (secondary N) is 1. The van der Waals surface area contributed by atoms with Crippen molar-refractivity contribution >= 4 is 5.91 Å². The van der Waals surface area contributed by atoms with Crippen molar-refractivity contribution in [2.45, 2.75) is 32.4 Å². The summed E-state index contributed by atoms with van der Waals surface area (Å²) >= 11 is 0. The Labute approximate surface area is 121 Å². The highest BCUT2D eigenvalue weighted by Crippen LogP contribution is 2.23. The molecule has 4 nitrogen and oxygen atoms in total. The number of benzene rings is 1. The molecule has 0 radical (unpaired) electrons. The highest BCUT2D eigenvalue weighted by atomic mass is 16.2. The first-order chi connectivity index (χ1) is 9.59. The minimum absolute atomic E-state index is 0.0778. The second-order valence-electron chi connectivity index (χ2n) is 5.90. The van der Waals surface area contributed by atoms with Gasteiger partial charge in [-0.05, 0) is 17.9 Å². The van der Waals surface area contributed by atoms with Crippen molar-refractivity contribution in [3.05, 3.63) is 35.9 Å². The third-order valence-corrected chi connectivity index (χ3v) is 3.75. The summed E-state index contributed by atoms with van der Waals surface area (Å²) in [5, 5.41) is 3.36. The van der Waals surface area contributed by atoms with Gasteiger partial charge in [-0.15, -0.1) is 0 Å². The molecule has 1 fully saturated rings. The summed E-state index contributed by atoms with van der Waals surface area (Å²) in [6.07, 6.45) is 0.740. The van der Waals surface area contributed by atoms with Gasteiger partial charge in [0.15, 0.2) is 0 Å². The van der Waals surface area contributed by atoms with Gasteiger partial charge in [0.05, 0.1) is 12.1 Å². The quantitative estimate of drug-likeness (QED) is 0.876. The minimum Gasteiger partial charge on any atom is -0.332 e. The van der Waals surface area contributed by atoms with Gasteiger partial charge < -0.3 is 16.0 Å². The monoisotopic (exact) mass is 275 g/mol. The van der Waals surface area contributed by atoms with E-state index in [-0.39, 0.29) is 18.0 Å². The molecular weight excluding hydrogens is 250 g/mol. The normalized spacial score (nSPS) is 21.0. The van der Waals surface area contributed by atoms with E-state index >= 15 is 0 Å². The Morgan fingerprint density at radius 2 is 2.10 bits per heavy atom. The lowest BCUT2D eigenvalue weighted by molar-refractivity contribution is -0.136. The van der Waals surface area contributed by atoms with Crippen molar-refractivity contribution in [1.29, 1.82) is 0 Å². The van der Waals surface area contributed by atoms with Gasteiger partial charge in [0.25, 0.3) is 0 Å². The predicted octanol–water partition coefficient (Wildman–Crippen LogP) is 1.53. The lowest BCUT2D eigenvalue weighted by Crippen LogP contribution is -2.53. The van der Waals surface area contributed by atoms with Crippen LogP contribution in [0.3, 0.4) is 0 Å². The molecule has 1 aliphatic rings. The number of nitrogens with zero attached hydrogens (tertiary/aromatic N) is 1. The van der Waals surface area contributed by atoms with E-state index in [1.54, 1.807) is 0 Å². The van der Waals surface area contributed by atoms with E-state index < -0.39 is 0 Å². The average molecular weight is 275 g/mol. The Morgan fingerprint density at radius 3 is 2.75 bits per heavy atom. The lowest BCUT2D eigenvalue weighted by Gasteiger charge is -2.38. The first-order valence-corrected chi connectivity index (χ1v) is 7.41. The molecule has 20 heavy (non-hydrogen) atoms. The predicted molar refractivity (Wildman–Crippen MR) is 81.2 cm³/mol. The highest BCUT2D eigenvalue weighted by Gasteiger charge is 2.30. The number of amides is 1. The number of piperazine rings is 1. The summed E-state index contributed by atoms with van der Waals surface area (Å²) in [7, 11) is 0. The van der Waals surface area contributed by atoms with E-state index in [9.17, 15) is 4.79 Å². The Bertz CT molecular complexity index is 433. The molecule has 0 aromatic heterocycles.